The highest BCUT2D eigenvalue weighted by Gasteiger charge is 2.41. The van der Waals surface area contributed by atoms with Gasteiger partial charge in [0.15, 0.2) is 0 Å². The van der Waals surface area contributed by atoms with Crippen molar-refractivity contribution in [2.24, 2.45) is 11.8 Å². The smallest absolute Gasteiger partial charge is 0.406 e. The van der Waals surface area contributed by atoms with Crippen LogP contribution in [0.2, 0.25) is 0 Å². The highest BCUT2D eigenvalue weighted by atomic mass is 19.4. The van der Waals surface area contributed by atoms with Crippen molar-refractivity contribution in [2.75, 3.05) is 13.6 Å². The van der Waals surface area contributed by atoms with Crippen LogP contribution < -0.4 is 0 Å². The number of hydrogen-bond donors (Lipinski definition) is 1. The van der Waals surface area contributed by atoms with Gasteiger partial charge in [0.25, 0.3) is 0 Å². The molecule has 98 valence electrons. The summed E-state index contributed by atoms with van der Waals surface area (Å²) in [7, 11) is 1.05. The van der Waals surface area contributed by atoms with Crippen molar-refractivity contribution >= 4 is 11.9 Å². The van der Waals surface area contributed by atoms with Crippen LogP contribution in [0.3, 0.4) is 0 Å². The first-order valence-electron chi connectivity index (χ1n) is 5.27. The standard InChI is InChI=1S/C10H14F3NO3/c1-14(5-10(11,12)13)8(15)6-3-2-4-7(6)9(16)17/h6-7H,2-5H2,1H3,(H,16,17). The molecule has 1 fully saturated rings. The number of halogens is 3. The van der Waals surface area contributed by atoms with Crippen LogP contribution in [0.5, 0.6) is 0 Å². The van der Waals surface area contributed by atoms with E-state index in [1.807, 2.05) is 0 Å². The lowest BCUT2D eigenvalue weighted by Gasteiger charge is -2.24. The van der Waals surface area contributed by atoms with Gasteiger partial charge >= 0.3 is 12.1 Å². The summed E-state index contributed by atoms with van der Waals surface area (Å²) in [5.41, 5.74) is 0. The Balaban J connectivity index is 2.66. The molecule has 2 atom stereocenters. The Labute approximate surface area is 96.4 Å². The topological polar surface area (TPSA) is 57.6 Å². The van der Waals surface area contributed by atoms with Gasteiger partial charge < -0.3 is 10.0 Å². The van der Waals surface area contributed by atoms with E-state index in [9.17, 15) is 22.8 Å². The predicted octanol–water partition coefficient (Wildman–Crippen LogP) is 1.51. The molecular weight excluding hydrogens is 239 g/mol. The van der Waals surface area contributed by atoms with E-state index in [1.165, 1.54) is 0 Å². The van der Waals surface area contributed by atoms with Crippen molar-refractivity contribution in [1.82, 2.24) is 4.90 Å². The molecule has 0 aliphatic heterocycles. The van der Waals surface area contributed by atoms with Crippen molar-refractivity contribution in [3.05, 3.63) is 0 Å². The predicted molar refractivity (Wildman–Crippen MR) is 52.2 cm³/mol. The Hall–Kier alpha value is -1.27. The average Bonchev–Trinajstić information content (AvgIpc) is 2.61. The van der Waals surface area contributed by atoms with Crippen LogP contribution in [0, 0.1) is 11.8 Å². The fourth-order valence-electron chi connectivity index (χ4n) is 2.18. The molecule has 0 aromatic heterocycles. The zero-order valence-electron chi connectivity index (χ0n) is 9.33. The summed E-state index contributed by atoms with van der Waals surface area (Å²) >= 11 is 0. The second-order valence-electron chi connectivity index (χ2n) is 4.29. The Morgan fingerprint density at radius 2 is 1.82 bits per heavy atom. The molecule has 7 heteroatoms. The molecule has 17 heavy (non-hydrogen) atoms. The van der Waals surface area contributed by atoms with Crippen LogP contribution in [-0.4, -0.2) is 41.7 Å². The third-order valence-electron chi connectivity index (χ3n) is 2.94. The van der Waals surface area contributed by atoms with Gasteiger partial charge in [0, 0.05) is 7.05 Å². The Morgan fingerprint density at radius 1 is 1.29 bits per heavy atom. The maximum absolute atomic E-state index is 12.1. The molecule has 0 aromatic rings. The van der Waals surface area contributed by atoms with Crippen molar-refractivity contribution < 1.29 is 27.9 Å². The van der Waals surface area contributed by atoms with Crippen molar-refractivity contribution in [1.29, 1.82) is 0 Å². The van der Waals surface area contributed by atoms with Gasteiger partial charge in [0.1, 0.15) is 6.54 Å². The van der Waals surface area contributed by atoms with Crippen LogP contribution in [0.25, 0.3) is 0 Å². The van der Waals surface area contributed by atoms with E-state index in [1.54, 1.807) is 0 Å². The third kappa shape index (κ3) is 3.61. The molecular formula is C10H14F3NO3. The normalized spacial score (nSPS) is 24.7. The number of carboxylic acid groups (broad SMARTS) is 1. The van der Waals surface area contributed by atoms with Crippen LogP contribution in [0.15, 0.2) is 0 Å². The van der Waals surface area contributed by atoms with Gasteiger partial charge in [0.05, 0.1) is 11.8 Å². The average molecular weight is 253 g/mol. The molecule has 1 saturated carbocycles. The summed E-state index contributed by atoms with van der Waals surface area (Å²) in [6.45, 7) is -1.34. The third-order valence-corrected chi connectivity index (χ3v) is 2.94. The fraction of sp³-hybridized carbons (Fsp3) is 0.800. The lowest BCUT2D eigenvalue weighted by atomic mass is 9.95. The minimum Gasteiger partial charge on any atom is -0.481 e. The molecule has 1 amide bonds. The Kier molecular flexibility index (Phi) is 4.00. The lowest BCUT2D eigenvalue weighted by Crippen LogP contribution is -2.41. The largest absolute Gasteiger partial charge is 0.481 e. The number of aliphatic carboxylic acids is 1. The Morgan fingerprint density at radius 3 is 2.29 bits per heavy atom. The van der Waals surface area contributed by atoms with E-state index in [-0.39, 0.29) is 0 Å². The number of carbonyl (C=O) groups is 2. The van der Waals surface area contributed by atoms with Crippen molar-refractivity contribution in [2.45, 2.75) is 25.4 Å². The van der Waals surface area contributed by atoms with Gasteiger partial charge in [-0.3, -0.25) is 9.59 Å². The zero-order chi connectivity index (χ0) is 13.2. The summed E-state index contributed by atoms with van der Waals surface area (Å²) in [6, 6.07) is 0. The van der Waals surface area contributed by atoms with E-state index in [4.69, 9.17) is 5.11 Å². The van der Waals surface area contributed by atoms with Gasteiger partial charge in [-0.2, -0.15) is 13.2 Å². The summed E-state index contributed by atoms with van der Waals surface area (Å²) in [5.74, 6) is -3.51. The molecule has 2 unspecified atom stereocenters. The van der Waals surface area contributed by atoms with Gasteiger partial charge in [-0.15, -0.1) is 0 Å². The second-order valence-corrected chi connectivity index (χ2v) is 4.29. The molecule has 0 spiro atoms. The fourth-order valence-corrected chi connectivity index (χ4v) is 2.18. The minimum atomic E-state index is -4.46. The maximum atomic E-state index is 12.1. The second kappa shape index (κ2) is 4.93. The van der Waals surface area contributed by atoms with Gasteiger partial charge in [-0.1, -0.05) is 6.42 Å². The van der Waals surface area contributed by atoms with Gasteiger partial charge in [0.2, 0.25) is 5.91 Å². The Bertz CT molecular complexity index is 316. The molecule has 4 nitrogen and oxygen atoms in total. The number of carbonyl (C=O) groups excluding carboxylic acids is 1. The monoisotopic (exact) mass is 253 g/mol. The first-order chi connectivity index (χ1) is 7.72. The number of nitrogens with zero attached hydrogens (tertiary/aromatic N) is 1. The number of rotatable bonds is 3. The number of amides is 1. The molecule has 0 radical (unpaired) electrons. The zero-order valence-corrected chi connectivity index (χ0v) is 9.33. The van der Waals surface area contributed by atoms with E-state index in [2.05, 4.69) is 0 Å². The van der Waals surface area contributed by atoms with E-state index < -0.39 is 36.4 Å². The summed E-state index contributed by atoms with van der Waals surface area (Å²) in [5, 5.41) is 8.85. The minimum absolute atomic E-state index is 0.345. The first-order valence-corrected chi connectivity index (χ1v) is 5.27. The van der Waals surface area contributed by atoms with E-state index >= 15 is 0 Å². The molecule has 0 heterocycles. The van der Waals surface area contributed by atoms with E-state index in [0.29, 0.717) is 24.2 Å². The molecule has 1 rings (SSSR count). The number of carboxylic acids is 1. The molecule has 0 bridgehead atoms. The van der Waals surface area contributed by atoms with Crippen molar-refractivity contribution in [3.8, 4) is 0 Å². The van der Waals surface area contributed by atoms with Gasteiger partial charge in [-0.05, 0) is 12.8 Å². The molecule has 1 aliphatic carbocycles. The SMILES string of the molecule is CN(CC(F)(F)F)C(=O)C1CCCC1C(=O)O. The number of hydrogen-bond acceptors (Lipinski definition) is 2. The van der Waals surface area contributed by atoms with E-state index in [0.717, 1.165) is 7.05 Å². The molecule has 1 aliphatic rings. The van der Waals surface area contributed by atoms with Crippen LogP contribution in [0.4, 0.5) is 13.2 Å². The molecule has 0 aromatic carbocycles. The molecule has 0 saturated heterocycles. The van der Waals surface area contributed by atoms with Crippen molar-refractivity contribution in [3.63, 3.8) is 0 Å². The highest BCUT2D eigenvalue weighted by Crippen LogP contribution is 2.33. The number of alkyl halides is 3. The van der Waals surface area contributed by atoms with Crippen LogP contribution in [-0.2, 0) is 9.59 Å². The van der Waals surface area contributed by atoms with Crippen LogP contribution in [0.1, 0.15) is 19.3 Å². The first kappa shape index (κ1) is 13.8. The van der Waals surface area contributed by atoms with Gasteiger partial charge in [-0.25, -0.2) is 0 Å². The molecule has 1 N–H and O–H groups in total. The quantitative estimate of drug-likeness (QED) is 0.829. The van der Waals surface area contributed by atoms with Crippen LogP contribution >= 0.6 is 0 Å². The summed E-state index contributed by atoms with van der Waals surface area (Å²) in [6.07, 6.45) is -3.20. The maximum Gasteiger partial charge on any atom is 0.406 e. The highest BCUT2D eigenvalue weighted by molar-refractivity contribution is 5.85. The summed E-state index contributed by atoms with van der Waals surface area (Å²) in [4.78, 5) is 23.1. The lowest BCUT2D eigenvalue weighted by molar-refractivity contribution is -0.163. The summed E-state index contributed by atoms with van der Waals surface area (Å²) < 4.78 is 36.3.